The molecule has 1 radical (unpaired) electrons. The molecule has 0 bridgehead atoms. The Balaban J connectivity index is 0.00000192. The SMILES string of the molecule is Cn1ccn(-c2[c-]c(-n3ccn(C)[cH+]3)c3c(c2)C(C)(C)c2ccccc2-3)[cH+]1.[Os+]. The normalized spacial score (nSPS) is 13.7. The van der Waals surface area contributed by atoms with E-state index in [1.54, 1.807) is 0 Å². The predicted molar refractivity (Wildman–Crippen MR) is 108 cm³/mol. The molecule has 0 aliphatic heterocycles. The largest absolute Gasteiger partial charge is 1.00 e. The van der Waals surface area contributed by atoms with Gasteiger partial charge in [0.2, 0.25) is 0 Å². The smallest absolute Gasteiger partial charge is 0.255 e. The Morgan fingerprint density at radius 1 is 0.857 bits per heavy atom. The maximum Gasteiger partial charge on any atom is 1.00 e. The van der Waals surface area contributed by atoms with Gasteiger partial charge in [0.1, 0.15) is 24.8 Å². The Morgan fingerprint density at radius 2 is 1.50 bits per heavy atom. The molecule has 5 heteroatoms. The number of aromatic nitrogens is 4. The van der Waals surface area contributed by atoms with Crippen molar-refractivity contribution in [3.05, 3.63) is 85.0 Å². The van der Waals surface area contributed by atoms with Crippen LogP contribution in [0.15, 0.2) is 67.8 Å². The van der Waals surface area contributed by atoms with Crippen LogP contribution in [0.5, 0.6) is 0 Å². The fourth-order valence-corrected chi connectivity index (χ4v) is 4.22. The molecule has 0 unspecified atom stereocenters. The van der Waals surface area contributed by atoms with Gasteiger partial charge in [0, 0.05) is 25.5 Å². The molecule has 0 atom stereocenters. The topological polar surface area (TPSA) is 19.7 Å². The molecule has 0 saturated carbocycles. The third-order valence-corrected chi connectivity index (χ3v) is 5.65. The number of aryl methyl sites for hydroxylation is 2. The van der Waals surface area contributed by atoms with Gasteiger partial charge in [0.05, 0.1) is 0 Å². The monoisotopic (exact) mass is 547 g/mol. The average Bonchev–Trinajstić information content (AvgIpc) is 3.33. The maximum absolute atomic E-state index is 3.68. The first-order chi connectivity index (χ1) is 12.9. The molecule has 1 aliphatic carbocycles. The quantitative estimate of drug-likeness (QED) is 0.328. The summed E-state index contributed by atoms with van der Waals surface area (Å²) in [5.41, 5.74) is 7.42. The van der Waals surface area contributed by atoms with Gasteiger partial charge in [0.15, 0.2) is 12.7 Å². The Kier molecular flexibility index (Phi) is 4.40. The number of rotatable bonds is 2. The van der Waals surface area contributed by atoms with Crippen molar-refractivity contribution in [1.29, 1.82) is 0 Å². The minimum Gasteiger partial charge on any atom is -0.255 e. The Labute approximate surface area is 178 Å². The van der Waals surface area contributed by atoms with E-state index in [2.05, 4.69) is 106 Å². The average molecular weight is 546 g/mol. The van der Waals surface area contributed by atoms with Crippen LogP contribution in [0.25, 0.3) is 22.5 Å². The zero-order valence-electron chi connectivity index (χ0n) is 16.5. The van der Waals surface area contributed by atoms with Gasteiger partial charge in [-0.2, -0.15) is 0 Å². The summed E-state index contributed by atoms with van der Waals surface area (Å²) in [6.45, 7) is 4.63. The number of nitrogens with zero attached hydrogens (tertiary/aromatic N) is 4. The molecule has 2 heterocycles. The van der Waals surface area contributed by atoms with Gasteiger partial charge in [-0.15, -0.1) is 5.56 Å². The number of hydrogen-bond donors (Lipinski definition) is 0. The van der Waals surface area contributed by atoms with Crippen LogP contribution in [-0.4, -0.2) is 18.3 Å². The van der Waals surface area contributed by atoms with Crippen molar-refractivity contribution in [1.82, 2.24) is 18.3 Å². The molecule has 2 aromatic carbocycles. The molecule has 4 aromatic rings. The van der Waals surface area contributed by atoms with E-state index in [4.69, 9.17) is 0 Å². The molecule has 0 spiro atoms. The first-order valence-corrected chi connectivity index (χ1v) is 9.23. The first kappa shape index (κ1) is 18.8. The van der Waals surface area contributed by atoms with E-state index in [1.807, 2.05) is 14.1 Å². The molecular formula is C23H23N4Os+2. The minimum absolute atomic E-state index is 0. The van der Waals surface area contributed by atoms with Crippen LogP contribution in [0, 0.1) is 6.07 Å². The summed E-state index contributed by atoms with van der Waals surface area (Å²) in [6.07, 6.45) is 12.5. The number of fused-ring (bicyclic) bond motifs is 3. The third-order valence-electron chi connectivity index (χ3n) is 5.65. The summed E-state index contributed by atoms with van der Waals surface area (Å²) in [4.78, 5) is 0. The van der Waals surface area contributed by atoms with Crippen molar-refractivity contribution in [2.45, 2.75) is 19.3 Å². The second-order valence-electron chi connectivity index (χ2n) is 7.94. The number of benzene rings is 2. The van der Waals surface area contributed by atoms with Gasteiger partial charge >= 0.3 is 19.8 Å². The van der Waals surface area contributed by atoms with Gasteiger partial charge < -0.3 is 0 Å². The van der Waals surface area contributed by atoms with Crippen molar-refractivity contribution >= 4 is 0 Å². The zero-order valence-corrected chi connectivity index (χ0v) is 19.0. The molecule has 0 saturated heterocycles. The summed E-state index contributed by atoms with van der Waals surface area (Å²) < 4.78 is 8.42. The fraction of sp³-hybridized carbons (Fsp3) is 0.217. The van der Waals surface area contributed by atoms with Crippen LogP contribution >= 0.6 is 0 Å². The van der Waals surface area contributed by atoms with E-state index in [0.717, 1.165) is 11.4 Å². The van der Waals surface area contributed by atoms with Crippen LogP contribution in [0.2, 0.25) is 0 Å². The molecule has 4 nitrogen and oxygen atoms in total. The Bertz CT molecular complexity index is 1180. The summed E-state index contributed by atoms with van der Waals surface area (Å²) >= 11 is 0. The van der Waals surface area contributed by atoms with Crippen molar-refractivity contribution in [2.24, 2.45) is 14.1 Å². The van der Waals surface area contributed by atoms with E-state index in [0.29, 0.717) is 0 Å². The van der Waals surface area contributed by atoms with Crippen LogP contribution < -0.4 is 0 Å². The van der Waals surface area contributed by atoms with Crippen LogP contribution in [0.3, 0.4) is 0 Å². The van der Waals surface area contributed by atoms with Gasteiger partial charge in [-0.3, -0.25) is 9.13 Å². The maximum atomic E-state index is 3.68. The van der Waals surface area contributed by atoms with Gasteiger partial charge in [-0.25, -0.2) is 9.13 Å². The van der Waals surface area contributed by atoms with Gasteiger partial charge in [-0.05, 0) is 17.0 Å². The number of hydrogen-bond acceptors (Lipinski definition) is 0. The van der Waals surface area contributed by atoms with Crippen molar-refractivity contribution in [3.8, 4) is 22.5 Å². The first-order valence-electron chi connectivity index (χ1n) is 9.23. The molecule has 28 heavy (non-hydrogen) atoms. The molecule has 141 valence electrons. The van der Waals surface area contributed by atoms with Gasteiger partial charge in [-0.1, -0.05) is 55.3 Å². The standard InChI is InChI=1S/C23H23N4.Os/c1-23(2)19-8-6-5-7-18(19)22-20(23)13-17(26-11-9-24(3)15-26)14-21(22)27-12-10-25(4)16-27;/h5-13,15-16H,1-4H3;/q2*+1. The fourth-order valence-electron chi connectivity index (χ4n) is 4.22. The second kappa shape index (κ2) is 6.53. The second-order valence-corrected chi connectivity index (χ2v) is 7.94. The summed E-state index contributed by atoms with van der Waals surface area (Å²) in [6, 6.07) is 14.7. The third kappa shape index (κ3) is 2.69. The zero-order chi connectivity index (χ0) is 18.8. The van der Waals surface area contributed by atoms with Gasteiger partial charge in [0.25, 0.3) is 0 Å². The van der Waals surface area contributed by atoms with Crippen molar-refractivity contribution in [3.63, 3.8) is 0 Å². The van der Waals surface area contributed by atoms with E-state index < -0.39 is 0 Å². The van der Waals surface area contributed by atoms with Crippen LogP contribution in [0.1, 0.15) is 25.0 Å². The van der Waals surface area contributed by atoms with E-state index in [-0.39, 0.29) is 25.2 Å². The van der Waals surface area contributed by atoms with Crippen molar-refractivity contribution in [2.75, 3.05) is 0 Å². The van der Waals surface area contributed by atoms with Crippen LogP contribution in [0.4, 0.5) is 0 Å². The molecule has 0 amide bonds. The molecule has 0 fully saturated rings. The molecule has 1 aliphatic rings. The number of imidazole rings is 2. The molecule has 0 N–H and O–H groups in total. The van der Waals surface area contributed by atoms with Crippen molar-refractivity contribution < 1.29 is 19.8 Å². The van der Waals surface area contributed by atoms with E-state index >= 15 is 0 Å². The minimum atomic E-state index is -0.0464. The molecular weight excluding hydrogens is 523 g/mol. The predicted octanol–water partition coefficient (Wildman–Crippen LogP) is 4.61. The Hall–Kier alpha value is -2.50. The summed E-state index contributed by atoms with van der Waals surface area (Å²) in [5, 5.41) is 0. The van der Waals surface area contributed by atoms with E-state index in [1.165, 1.54) is 22.3 Å². The van der Waals surface area contributed by atoms with E-state index in [9.17, 15) is 0 Å². The van der Waals surface area contributed by atoms with Crippen LogP contribution in [-0.2, 0) is 39.3 Å². The molecule has 2 aromatic heterocycles. The molecule has 5 rings (SSSR count). The Morgan fingerprint density at radius 3 is 2.14 bits per heavy atom. The summed E-state index contributed by atoms with van der Waals surface area (Å²) in [5.74, 6) is 0. The summed E-state index contributed by atoms with van der Waals surface area (Å²) in [7, 11) is 4.08.